The molecule has 0 saturated carbocycles. The van der Waals surface area contributed by atoms with Gasteiger partial charge in [0.2, 0.25) is 5.91 Å². The Hall–Kier alpha value is -2.15. The molecule has 3 rings (SSSR count). The van der Waals surface area contributed by atoms with Gasteiger partial charge in [-0.15, -0.1) is 0 Å². The first-order valence-corrected chi connectivity index (χ1v) is 10.3. The minimum absolute atomic E-state index is 0.0269. The van der Waals surface area contributed by atoms with Gasteiger partial charge in [0.1, 0.15) is 11.3 Å². The first-order valence-electron chi connectivity index (χ1n) is 9.11. The van der Waals surface area contributed by atoms with Crippen LogP contribution in [0.5, 0.6) is 5.75 Å². The Labute approximate surface area is 174 Å². The lowest BCUT2D eigenvalue weighted by atomic mass is 10.1. The van der Waals surface area contributed by atoms with Crippen molar-refractivity contribution >= 4 is 44.2 Å². The summed E-state index contributed by atoms with van der Waals surface area (Å²) in [7, 11) is 5.66. The molecular weight excluding hydrogens is 394 g/mol. The summed E-state index contributed by atoms with van der Waals surface area (Å²) in [4.78, 5) is 21.7. The lowest BCUT2D eigenvalue weighted by Gasteiger charge is -2.21. The Morgan fingerprint density at radius 3 is 2.57 bits per heavy atom. The number of ether oxygens (including phenoxy) is 1. The van der Waals surface area contributed by atoms with Gasteiger partial charge in [0, 0.05) is 6.54 Å². The molecule has 0 bridgehead atoms. The highest BCUT2D eigenvalue weighted by atomic mass is 35.5. The second kappa shape index (κ2) is 9.37. The van der Waals surface area contributed by atoms with Crippen molar-refractivity contribution in [3.63, 3.8) is 0 Å². The minimum Gasteiger partial charge on any atom is -0.494 e. The highest BCUT2D eigenvalue weighted by Gasteiger charge is 2.22. The van der Waals surface area contributed by atoms with E-state index in [9.17, 15) is 4.79 Å². The fourth-order valence-electron chi connectivity index (χ4n) is 2.96. The summed E-state index contributed by atoms with van der Waals surface area (Å²) in [5.74, 6) is 0.685. The van der Waals surface area contributed by atoms with Gasteiger partial charge in [-0.2, -0.15) is 0 Å². The topological polar surface area (TPSA) is 45.7 Å². The van der Waals surface area contributed by atoms with E-state index in [2.05, 4.69) is 4.90 Å². The van der Waals surface area contributed by atoms with Crippen LogP contribution >= 0.6 is 22.9 Å². The largest absolute Gasteiger partial charge is 0.494 e. The molecule has 0 unspecified atom stereocenters. The van der Waals surface area contributed by atoms with Crippen molar-refractivity contribution in [1.29, 1.82) is 0 Å². The summed E-state index contributed by atoms with van der Waals surface area (Å²) in [6.45, 7) is 1.49. The molecule has 0 saturated heterocycles. The van der Waals surface area contributed by atoms with Gasteiger partial charge >= 0.3 is 0 Å². The summed E-state index contributed by atoms with van der Waals surface area (Å²) in [5, 5.41) is 1.27. The first kappa shape index (κ1) is 20.6. The molecule has 0 N–H and O–H groups in total. The normalized spacial score (nSPS) is 11.2. The molecule has 3 aromatic rings. The quantitative estimate of drug-likeness (QED) is 0.542. The van der Waals surface area contributed by atoms with Crippen molar-refractivity contribution in [3.8, 4) is 5.75 Å². The molecule has 0 atom stereocenters. The maximum Gasteiger partial charge on any atom is 0.233 e. The van der Waals surface area contributed by atoms with Gasteiger partial charge in [-0.05, 0) is 44.8 Å². The van der Waals surface area contributed by atoms with Crippen LogP contribution in [0.4, 0.5) is 5.13 Å². The fourth-order valence-corrected chi connectivity index (χ4v) is 4.26. The van der Waals surface area contributed by atoms with Crippen molar-refractivity contribution in [2.45, 2.75) is 12.8 Å². The number of thiazole rings is 1. The molecule has 0 aliphatic heterocycles. The molecule has 0 spiro atoms. The Morgan fingerprint density at radius 1 is 1.14 bits per heavy atom. The van der Waals surface area contributed by atoms with E-state index in [0.29, 0.717) is 34.4 Å². The fraction of sp³-hybridized carbons (Fsp3) is 0.333. The molecule has 2 aromatic carbocycles. The molecule has 0 fully saturated rings. The van der Waals surface area contributed by atoms with Gasteiger partial charge < -0.3 is 9.64 Å². The number of carbonyl (C=O) groups is 1. The second-order valence-electron chi connectivity index (χ2n) is 6.79. The second-order valence-corrected chi connectivity index (χ2v) is 8.17. The van der Waals surface area contributed by atoms with E-state index >= 15 is 0 Å². The van der Waals surface area contributed by atoms with Crippen LogP contribution in [-0.4, -0.2) is 50.1 Å². The molecule has 0 aliphatic rings. The molecule has 1 heterocycles. The van der Waals surface area contributed by atoms with E-state index in [1.54, 1.807) is 24.1 Å². The van der Waals surface area contributed by atoms with E-state index in [1.165, 1.54) is 11.3 Å². The van der Waals surface area contributed by atoms with E-state index in [0.717, 1.165) is 23.2 Å². The van der Waals surface area contributed by atoms with Gasteiger partial charge in [-0.1, -0.05) is 53.3 Å². The average Bonchev–Trinajstić information content (AvgIpc) is 3.12. The molecule has 148 valence electrons. The third-order valence-electron chi connectivity index (χ3n) is 4.38. The van der Waals surface area contributed by atoms with E-state index in [-0.39, 0.29) is 5.91 Å². The Kier molecular flexibility index (Phi) is 6.88. The first-order chi connectivity index (χ1) is 13.5. The SMILES string of the molecule is COc1ccc(Cl)c2sc(N(CCCN(C)C)C(=O)Cc3ccccc3)nc12. The van der Waals surface area contributed by atoms with Gasteiger partial charge in [-0.25, -0.2) is 4.98 Å². The molecule has 0 aliphatic carbocycles. The van der Waals surface area contributed by atoms with Crippen LogP contribution in [-0.2, 0) is 11.2 Å². The Morgan fingerprint density at radius 2 is 1.89 bits per heavy atom. The molecule has 28 heavy (non-hydrogen) atoms. The van der Waals surface area contributed by atoms with Crippen molar-refractivity contribution in [1.82, 2.24) is 9.88 Å². The Balaban J connectivity index is 1.92. The van der Waals surface area contributed by atoms with Crippen LogP contribution in [0.3, 0.4) is 0 Å². The van der Waals surface area contributed by atoms with E-state index in [1.807, 2.05) is 44.4 Å². The van der Waals surface area contributed by atoms with Crippen molar-refractivity contribution < 1.29 is 9.53 Å². The number of aromatic nitrogens is 1. The Bertz CT molecular complexity index is 943. The van der Waals surface area contributed by atoms with Crippen molar-refractivity contribution in [2.75, 3.05) is 39.2 Å². The summed E-state index contributed by atoms with van der Waals surface area (Å²) < 4.78 is 6.25. The number of fused-ring (bicyclic) bond motifs is 1. The highest BCUT2D eigenvalue weighted by Crippen LogP contribution is 2.38. The monoisotopic (exact) mass is 417 g/mol. The standard InChI is InChI=1S/C21H24ClN3O2S/c1-24(2)12-7-13-25(18(26)14-15-8-5-4-6-9-15)21-23-19-17(27-3)11-10-16(22)20(19)28-21/h4-6,8-11H,7,12-14H2,1-3H3. The van der Waals surface area contributed by atoms with Crippen molar-refractivity contribution in [3.05, 3.63) is 53.1 Å². The number of halogens is 1. The number of hydrogen-bond donors (Lipinski definition) is 0. The lowest BCUT2D eigenvalue weighted by Crippen LogP contribution is -2.34. The number of methoxy groups -OCH3 is 1. The van der Waals surface area contributed by atoms with Crippen molar-refractivity contribution in [2.24, 2.45) is 0 Å². The zero-order valence-electron chi connectivity index (χ0n) is 16.3. The molecule has 0 radical (unpaired) electrons. The van der Waals surface area contributed by atoms with Crippen LogP contribution in [0.15, 0.2) is 42.5 Å². The van der Waals surface area contributed by atoms with E-state index < -0.39 is 0 Å². The molecule has 5 nitrogen and oxygen atoms in total. The number of nitrogens with zero attached hydrogens (tertiary/aromatic N) is 3. The van der Waals surface area contributed by atoms with Crippen LogP contribution in [0, 0.1) is 0 Å². The smallest absolute Gasteiger partial charge is 0.233 e. The van der Waals surface area contributed by atoms with Crippen LogP contribution in [0.25, 0.3) is 10.2 Å². The zero-order chi connectivity index (χ0) is 20.1. The lowest BCUT2D eigenvalue weighted by molar-refractivity contribution is -0.118. The number of hydrogen-bond acceptors (Lipinski definition) is 5. The number of carbonyl (C=O) groups excluding carboxylic acids is 1. The number of benzene rings is 2. The zero-order valence-corrected chi connectivity index (χ0v) is 17.9. The van der Waals surface area contributed by atoms with E-state index in [4.69, 9.17) is 21.3 Å². The van der Waals surface area contributed by atoms with Gasteiger partial charge in [-0.3, -0.25) is 9.69 Å². The third-order valence-corrected chi connectivity index (χ3v) is 5.92. The predicted molar refractivity (Wildman–Crippen MR) is 117 cm³/mol. The highest BCUT2D eigenvalue weighted by molar-refractivity contribution is 7.23. The van der Waals surface area contributed by atoms with Gasteiger partial charge in [0.15, 0.2) is 5.13 Å². The maximum atomic E-state index is 13.1. The summed E-state index contributed by atoms with van der Waals surface area (Å²) in [6.07, 6.45) is 1.19. The third kappa shape index (κ3) is 4.82. The number of amides is 1. The predicted octanol–water partition coefficient (Wildman–Crippen LogP) is 4.49. The number of rotatable bonds is 8. The van der Waals surface area contributed by atoms with Crippen LogP contribution in [0.2, 0.25) is 5.02 Å². The summed E-state index contributed by atoms with van der Waals surface area (Å²) in [5.41, 5.74) is 1.68. The average molecular weight is 418 g/mol. The van der Waals surface area contributed by atoms with Crippen LogP contribution < -0.4 is 9.64 Å². The molecular formula is C21H24ClN3O2S. The maximum absolute atomic E-state index is 13.1. The van der Waals surface area contributed by atoms with Gasteiger partial charge in [0.05, 0.1) is 23.3 Å². The van der Waals surface area contributed by atoms with Crippen LogP contribution in [0.1, 0.15) is 12.0 Å². The molecule has 1 amide bonds. The minimum atomic E-state index is 0.0269. The molecule has 1 aromatic heterocycles. The molecule has 7 heteroatoms. The number of anilines is 1. The van der Waals surface area contributed by atoms with Gasteiger partial charge in [0.25, 0.3) is 0 Å². The summed E-state index contributed by atoms with van der Waals surface area (Å²) >= 11 is 7.79. The summed E-state index contributed by atoms with van der Waals surface area (Å²) in [6, 6.07) is 13.4.